The molecule has 2 aliphatic heterocycles. The van der Waals surface area contributed by atoms with Crippen LogP contribution in [0.4, 0.5) is 10.1 Å². The Bertz CT molecular complexity index is 790. The van der Waals surface area contributed by atoms with E-state index in [0.717, 1.165) is 30.5 Å². The van der Waals surface area contributed by atoms with Gasteiger partial charge in [-0.15, -0.1) is 0 Å². The Hall–Kier alpha value is -2.47. The quantitative estimate of drug-likeness (QED) is 0.860. The van der Waals surface area contributed by atoms with E-state index in [1.54, 1.807) is 29.3 Å². The second-order valence-electron chi connectivity index (χ2n) is 6.32. The second kappa shape index (κ2) is 6.80. The summed E-state index contributed by atoms with van der Waals surface area (Å²) in [6, 6.07) is 7.92. The van der Waals surface area contributed by atoms with Gasteiger partial charge >= 0.3 is 0 Å². The number of anilines is 1. The fourth-order valence-electron chi connectivity index (χ4n) is 3.32. The Morgan fingerprint density at radius 1 is 1.32 bits per heavy atom. The minimum atomic E-state index is -0.272. The lowest BCUT2D eigenvalue weighted by Gasteiger charge is -2.29. The first-order chi connectivity index (χ1) is 12.2. The molecule has 0 N–H and O–H groups in total. The Kier molecular flexibility index (Phi) is 4.36. The number of carbonyl (C=O) groups is 1. The average Bonchev–Trinajstić information content (AvgIpc) is 3.13. The third kappa shape index (κ3) is 3.35. The van der Waals surface area contributed by atoms with E-state index >= 15 is 0 Å². The molecule has 25 heavy (non-hydrogen) atoms. The fraction of sp³-hybridized carbons (Fsp3) is 0.368. The lowest BCUT2D eigenvalue weighted by molar-refractivity contribution is 0.0983. The first-order valence-corrected chi connectivity index (χ1v) is 8.51. The number of pyridine rings is 1. The number of carbonyl (C=O) groups excluding carboxylic acids is 1. The van der Waals surface area contributed by atoms with Crippen LogP contribution in [-0.2, 0) is 11.2 Å². The minimum absolute atomic E-state index is 0.0171. The number of aryl methyl sites for hydroxylation is 1. The zero-order valence-electron chi connectivity index (χ0n) is 13.8. The Labute approximate surface area is 145 Å². The molecule has 5 nitrogen and oxygen atoms in total. The van der Waals surface area contributed by atoms with Crippen LogP contribution in [0.3, 0.4) is 0 Å². The molecule has 1 fully saturated rings. The monoisotopic (exact) mass is 342 g/mol. The summed E-state index contributed by atoms with van der Waals surface area (Å²) < 4.78 is 24.5. The molecule has 0 aliphatic carbocycles. The third-order valence-electron chi connectivity index (χ3n) is 4.56. The van der Waals surface area contributed by atoms with Crippen molar-refractivity contribution in [3.05, 3.63) is 53.5 Å². The molecule has 0 saturated carbocycles. The maximum absolute atomic E-state index is 13.5. The summed E-state index contributed by atoms with van der Waals surface area (Å²) in [5.41, 5.74) is 2.16. The van der Waals surface area contributed by atoms with Crippen LogP contribution in [0, 0.1) is 5.82 Å². The first kappa shape index (κ1) is 16.0. The van der Waals surface area contributed by atoms with E-state index in [4.69, 9.17) is 9.47 Å². The van der Waals surface area contributed by atoms with Crippen molar-refractivity contribution < 1.29 is 18.7 Å². The van der Waals surface area contributed by atoms with Crippen molar-refractivity contribution in [2.75, 3.05) is 24.7 Å². The maximum Gasteiger partial charge on any atom is 0.258 e. The molecule has 0 radical (unpaired) electrons. The van der Waals surface area contributed by atoms with Crippen LogP contribution < -0.4 is 9.64 Å². The molecule has 0 unspecified atom stereocenters. The fourth-order valence-corrected chi connectivity index (χ4v) is 3.32. The van der Waals surface area contributed by atoms with Gasteiger partial charge in [-0.3, -0.25) is 4.79 Å². The van der Waals surface area contributed by atoms with Crippen molar-refractivity contribution >= 4 is 11.6 Å². The summed E-state index contributed by atoms with van der Waals surface area (Å²) >= 11 is 0. The highest BCUT2D eigenvalue weighted by Gasteiger charge is 2.25. The molecule has 1 atom stereocenters. The number of fused-ring (bicyclic) bond motifs is 1. The standard InChI is InChI=1S/C19H19FN2O3/c20-15-3-4-17-13(10-15)2-1-8-22(17)19(23)14-5-7-21-18(11-14)25-16-6-9-24-12-16/h3-5,7,10-11,16H,1-2,6,8-9,12H2/t16-/m1/s1. The number of halogens is 1. The van der Waals surface area contributed by atoms with Gasteiger partial charge in [-0.05, 0) is 42.7 Å². The molecule has 0 spiro atoms. The molecule has 130 valence electrons. The molecule has 1 saturated heterocycles. The van der Waals surface area contributed by atoms with E-state index < -0.39 is 0 Å². The zero-order chi connectivity index (χ0) is 17.2. The van der Waals surface area contributed by atoms with Crippen LogP contribution in [-0.4, -0.2) is 36.8 Å². The van der Waals surface area contributed by atoms with E-state index in [1.165, 1.54) is 12.1 Å². The van der Waals surface area contributed by atoms with Crippen LogP contribution >= 0.6 is 0 Å². The molecule has 6 heteroatoms. The van der Waals surface area contributed by atoms with Crippen molar-refractivity contribution in [2.45, 2.75) is 25.4 Å². The molecule has 1 amide bonds. The van der Waals surface area contributed by atoms with Gasteiger partial charge in [0.2, 0.25) is 5.88 Å². The van der Waals surface area contributed by atoms with Crippen LogP contribution in [0.15, 0.2) is 36.5 Å². The van der Waals surface area contributed by atoms with Crippen molar-refractivity contribution in [1.82, 2.24) is 4.98 Å². The van der Waals surface area contributed by atoms with Gasteiger partial charge in [0.15, 0.2) is 0 Å². The zero-order valence-corrected chi connectivity index (χ0v) is 13.8. The van der Waals surface area contributed by atoms with Gasteiger partial charge in [0.1, 0.15) is 11.9 Å². The molecule has 0 bridgehead atoms. The number of rotatable bonds is 3. The first-order valence-electron chi connectivity index (χ1n) is 8.51. The number of nitrogens with zero attached hydrogens (tertiary/aromatic N) is 2. The van der Waals surface area contributed by atoms with Crippen molar-refractivity contribution in [2.24, 2.45) is 0 Å². The Morgan fingerprint density at radius 3 is 3.08 bits per heavy atom. The maximum atomic E-state index is 13.5. The van der Waals surface area contributed by atoms with Crippen LogP contribution in [0.1, 0.15) is 28.8 Å². The van der Waals surface area contributed by atoms with E-state index in [-0.39, 0.29) is 17.8 Å². The minimum Gasteiger partial charge on any atom is -0.472 e. The SMILES string of the molecule is O=C(c1ccnc(O[C@@H]2CCOC2)c1)N1CCCc2cc(F)ccc21. The van der Waals surface area contributed by atoms with Crippen molar-refractivity contribution in [3.8, 4) is 5.88 Å². The molecule has 4 rings (SSSR count). The topological polar surface area (TPSA) is 51.7 Å². The van der Waals surface area contributed by atoms with Gasteiger partial charge in [-0.2, -0.15) is 0 Å². The van der Waals surface area contributed by atoms with Gasteiger partial charge in [0.25, 0.3) is 5.91 Å². The smallest absolute Gasteiger partial charge is 0.258 e. The van der Waals surface area contributed by atoms with Gasteiger partial charge in [-0.1, -0.05) is 0 Å². The Balaban J connectivity index is 1.57. The number of ether oxygens (including phenoxy) is 2. The highest BCUT2D eigenvalue weighted by molar-refractivity contribution is 6.06. The van der Waals surface area contributed by atoms with Crippen LogP contribution in [0.5, 0.6) is 5.88 Å². The summed E-state index contributed by atoms with van der Waals surface area (Å²) in [5.74, 6) is 0.0339. The molecule has 2 aromatic rings. The third-order valence-corrected chi connectivity index (χ3v) is 4.56. The molecule has 2 aliphatic rings. The average molecular weight is 342 g/mol. The number of aromatic nitrogens is 1. The van der Waals surface area contributed by atoms with Crippen LogP contribution in [0.2, 0.25) is 0 Å². The van der Waals surface area contributed by atoms with Crippen LogP contribution in [0.25, 0.3) is 0 Å². The summed E-state index contributed by atoms with van der Waals surface area (Å²) in [5, 5.41) is 0. The molecule has 1 aromatic heterocycles. The van der Waals surface area contributed by atoms with Gasteiger partial charge < -0.3 is 14.4 Å². The van der Waals surface area contributed by atoms with Crippen molar-refractivity contribution in [1.29, 1.82) is 0 Å². The van der Waals surface area contributed by atoms with E-state index in [9.17, 15) is 9.18 Å². The van der Waals surface area contributed by atoms with E-state index in [0.29, 0.717) is 31.2 Å². The summed E-state index contributed by atoms with van der Waals surface area (Å²) in [4.78, 5) is 18.9. The molecule has 1 aromatic carbocycles. The highest BCUT2D eigenvalue weighted by Crippen LogP contribution is 2.29. The number of hydrogen-bond acceptors (Lipinski definition) is 4. The predicted molar refractivity (Wildman–Crippen MR) is 90.5 cm³/mol. The van der Waals surface area contributed by atoms with Crippen molar-refractivity contribution in [3.63, 3.8) is 0 Å². The lowest BCUT2D eigenvalue weighted by atomic mass is 10.0. The Morgan fingerprint density at radius 2 is 2.24 bits per heavy atom. The number of hydrogen-bond donors (Lipinski definition) is 0. The largest absolute Gasteiger partial charge is 0.472 e. The lowest BCUT2D eigenvalue weighted by Crippen LogP contribution is -2.35. The normalized spacial score (nSPS) is 19.6. The van der Waals surface area contributed by atoms with Gasteiger partial charge in [0.05, 0.1) is 13.2 Å². The van der Waals surface area contributed by atoms with E-state index in [2.05, 4.69) is 4.98 Å². The summed E-state index contributed by atoms with van der Waals surface area (Å²) in [6.07, 6.45) is 3.98. The van der Waals surface area contributed by atoms with E-state index in [1.807, 2.05) is 0 Å². The molecular weight excluding hydrogens is 323 g/mol. The molecule has 3 heterocycles. The number of amides is 1. The van der Waals surface area contributed by atoms with Gasteiger partial charge in [-0.25, -0.2) is 9.37 Å². The molecular formula is C19H19FN2O3. The summed E-state index contributed by atoms with van der Waals surface area (Å²) in [6.45, 7) is 1.85. The van der Waals surface area contributed by atoms with Gasteiger partial charge in [0, 0.05) is 36.5 Å². The number of benzene rings is 1. The summed E-state index contributed by atoms with van der Waals surface area (Å²) in [7, 11) is 0. The second-order valence-corrected chi connectivity index (χ2v) is 6.32. The predicted octanol–water partition coefficient (Wildman–Crippen LogP) is 2.98. The highest BCUT2D eigenvalue weighted by atomic mass is 19.1.